The van der Waals surface area contributed by atoms with Gasteiger partial charge >= 0.3 is 0 Å². The summed E-state index contributed by atoms with van der Waals surface area (Å²) in [4.78, 5) is 19.7. The van der Waals surface area contributed by atoms with Crippen LogP contribution in [-0.4, -0.2) is 32.1 Å². The van der Waals surface area contributed by atoms with Crippen molar-refractivity contribution in [2.45, 2.75) is 25.3 Å². The summed E-state index contributed by atoms with van der Waals surface area (Å²) < 4.78 is 0. The molecular formula is C15H15N5O. The summed E-state index contributed by atoms with van der Waals surface area (Å²) in [6.07, 6.45) is 10.4. The van der Waals surface area contributed by atoms with E-state index in [9.17, 15) is 4.79 Å². The smallest absolute Gasteiger partial charge is 0.253 e. The van der Waals surface area contributed by atoms with Crippen molar-refractivity contribution < 1.29 is 4.79 Å². The third-order valence-corrected chi connectivity index (χ3v) is 4.04. The fourth-order valence-corrected chi connectivity index (χ4v) is 2.59. The van der Waals surface area contributed by atoms with Gasteiger partial charge in [-0.25, -0.2) is 4.98 Å². The molecule has 0 aliphatic heterocycles. The summed E-state index contributed by atoms with van der Waals surface area (Å²) in [5.41, 5.74) is 3.33. The second kappa shape index (κ2) is 4.73. The zero-order chi connectivity index (χ0) is 14.2. The standard InChI is InChI=1S/C15H15N5O/c21-15(20-11-2-1-3-11)9-4-12-13(10-6-18-19-7-10)8-17-14(12)16-5-9/h4-8,11H,1-3H2,(H,16,17)(H,18,19)(H,20,21). The fraction of sp³-hybridized carbons (Fsp3) is 0.267. The lowest BCUT2D eigenvalue weighted by Gasteiger charge is -2.26. The number of pyridine rings is 1. The van der Waals surface area contributed by atoms with E-state index in [1.54, 1.807) is 12.4 Å². The van der Waals surface area contributed by atoms with E-state index in [-0.39, 0.29) is 5.91 Å². The number of fused-ring (bicyclic) bond motifs is 1. The number of aromatic amines is 2. The predicted octanol–water partition coefficient (Wildman–Crippen LogP) is 2.24. The lowest BCUT2D eigenvalue weighted by molar-refractivity contribution is 0.0917. The van der Waals surface area contributed by atoms with Crippen LogP contribution in [0.1, 0.15) is 29.6 Å². The van der Waals surface area contributed by atoms with Gasteiger partial charge in [0.25, 0.3) is 5.91 Å². The number of rotatable bonds is 3. The Hall–Kier alpha value is -2.63. The number of carbonyl (C=O) groups is 1. The van der Waals surface area contributed by atoms with Crippen LogP contribution >= 0.6 is 0 Å². The summed E-state index contributed by atoms with van der Waals surface area (Å²) in [6.45, 7) is 0. The van der Waals surface area contributed by atoms with E-state index in [1.807, 2.05) is 18.5 Å². The Kier molecular flexibility index (Phi) is 2.73. The number of hydrogen-bond donors (Lipinski definition) is 3. The van der Waals surface area contributed by atoms with Gasteiger partial charge in [0.1, 0.15) is 5.65 Å². The minimum absolute atomic E-state index is 0.0477. The largest absolute Gasteiger partial charge is 0.349 e. The third kappa shape index (κ3) is 2.08. The van der Waals surface area contributed by atoms with Gasteiger partial charge in [0, 0.05) is 41.1 Å². The van der Waals surface area contributed by atoms with Gasteiger partial charge in [-0.1, -0.05) is 0 Å². The van der Waals surface area contributed by atoms with E-state index in [1.165, 1.54) is 6.42 Å². The summed E-state index contributed by atoms with van der Waals surface area (Å²) in [5, 5.41) is 10.7. The second-order valence-electron chi connectivity index (χ2n) is 5.41. The number of nitrogens with zero attached hydrogens (tertiary/aromatic N) is 2. The van der Waals surface area contributed by atoms with E-state index in [2.05, 4.69) is 25.5 Å². The van der Waals surface area contributed by atoms with Crippen molar-refractivity contribution in [2.24, 2.45) is 0 Å². The number of amides is 1. The molecule has 1 fully saturated rings. The van der Waals surface area contributed by atoms with E-state index in [0.717, 1.165) is 35.0 Å². The molecule has 6 heteroatoms. The first-order valence-corrected chi connectivity index (χ1v) is 7.08. The predicted molar refractivity (Wildman–Crippen MR) is 78.8 cm³/mol. The molecule has 1 aliphatic carbocycles. The van der Waals surface area contributed by atoms with Crippen molar-refractivity contribution in [3.05, 3.63) is 36.4 Å². The maximum atomic E-state index is 12.2. The molecule has 4 rings (SSSR count). The second-order valence-corrected chi connectivity index (χ2v) is 5.41. The van der Waals surface area contributed by atoms with Crippen LogP contribution in [0.25, 0.3) is 22.2 Å². The van der Waals surface area contributed by atoms with Gasteiger partial charge in [-0.05, 0) is 25.3 Å². The molecule has 0 radical (unpaired) electrons. The maximum Gasteiger partial charge on any atom is 0.253 e. The van der Waals surface area contributed by atoms with Crippen LogP contribution in [0.3, 0.4) is 0 Å². The minimum atomic E-state index is -0.0477. The van der Waals surface area contributed by atoms with E-state index in [0.29, 0.717) is 11.6 Å². The summed E-state index contributed by atoms with van der Waals surface area (Å²) in [6, 6.07) is 2.21. The normalized spacial score (nSPS) is 15.0. The quantitative estimate of drug-likeness (QED) is 0.688. The molecule has 0 unspecified atom stereocenters. The van der Waals surface area contributed by atoms with Gasteiger partial charge in [0.05, 0.1) is 11.8 Å². The van der Waals surface area contributed by atoms with Gasteiger partial charge in [-0.3, -0.25) is 9.89 Å². The minimum Gasteiger partial charge on any atom is -0.349 e. The first kappa shape index (κ1) is 12.1. The van der Waals surface area contributed by atoms with Crippen molar-refractivity contribution in [3.63, 3.8) is 0 Å². The Morgan fingerprint density at radius 2 is 2.19 bits per heavy atom. The van der Waals surface area contributed by atoms with Gasteiger partial charge in [0.15, 0.2) is 0 Å². The molecule has 1 amide bonds. The highest BCUT2D eigenvalue weighted by molar-refractivity contribution is 6.01. The zero-order valence-electron chi connectivity index (χ0n) is 11.4. The van der Waals surface area contributed by atoms with Crippen molar-refractivity contribution in [1.82, 2.24) is 25.5 Å². The Morgan fingerprint density at radius 3 is 2.90 bits per heavy atom. The highest BCUT2D eigenvalue weighted by Crippen LogP contribution is 2.27. The molecule has 6 nitrogen and oxygen atoms in total. The van der Waals surface area contributed by atoms with Crippen LogP contribution in [0.5, 0.6) is 0 Å². The Balaban J connectivity index is 1.71. The molecule has 0 bridgehead atoms. The lowest BCUT2D eigenvalue weighted by Crippen LogP contribution is -2.39. The van der Waals surface area contributed by atoms with Crippen LogP contribution in [-0.2, 0) is 0 Å². The Morgan fingerprint density at radius 1 is 1.29 bits per heavy atom. The van der Waals surface area contributed by atoms with Crippen LogP contribution in [0, 0.1) is 0 Å². The molecule has 0 spiro atoms. The van der Waals surface area contributed by atoms with Gasteiger partial charge < -0.3 is 10.3 Å². The van der Waals surface area contributed by atoms with E-state index >= 15 is 0 Å². The van der Waals surface area contributed by atoms with Crippen molar-refractivity contribution in [3.8, 4) is 11.1 Å². The average Bonchev–Trinajstić information content (AvgIpc) is 3.10. The fourth-order valence-electron chi connectivity index (χ4n) is 2.59. The Labute approximate surface area is 121 Å². The van der Waals surface area contributed by atoms with E-state index < -0.39 is 0 Å². The lowest BCUT2D eigenvalue weighted by atomic mass is 9.93. The van der Waals surface area contributed by atoms with Crippen LogP contribution in [0.4, 0.5) is 0 Å². The summed E-state index contributed by atoms with van der Waals surface area (Å²) >= 11 is 0. The van der Waals surface area contributed by atoms with Crippen molar-refractivity contribution in [2.75, 3.05) is 0 Å². The van der Waals surface area contributed by atoms with Crippen molar-refractivity contribution >= 4 is 16.9 Å². The summed E-state index contributed by atoms with van der Waals surface area (Å²) in [5.74, 6) is -0.0477. The molecule has 0 saturated heterocycles. The molecule has 3 heterocycles. The number of hydrogen-bond acceptors (Lipinski definition) is 3. The first-order chi connectivity index (χ1) is 10.3. The summed E-state index contributed by atoms with van der Waals surface area (Å²) in [7, 11) is 0. The maximum absolute atomic E-state index is 12.2. The molecule has 3 aromatic heterocycles. The zero-order valence-corrected chi connectivity index (χ0v) is 11.4. The molecule has 21 heavy (non-hydrogen) atoms. The highest BCUT2D eigenvalue weighted by Gasteiger charge is 2.20. The Bertz CT molecular complexity index is 786. The highest BCUT2D eigenvalue weighted by atomic mass is 16.1. The SMILES string of the molecule is O=C(NC1CCC1)c1cnc2[nH]cc(-c3cn[nH]c3)c2c1. The average molecular weight is 281 g/mol. The molecule has 0 atom stereocenters. The van der Waals surface area contributed by atoms with Crippen LogP contribution in [0.15, 0.2) is 30.9 Å². The number of aromatic nitrogens is 4. The van der Waals surface area contributed by atoms with Gasteiger partial charge in [-0.2, -0.15) is 5.10 Å². The van der Waals surface area contributed by atoms with Crippen LogP contribution in [0.2, 0.25) is 0 Å². The molecular weight excluding hydrogens is 266 g/mol. The third-order valence-electron chi connectivity index (χ3n) is 4.04. The molecule has 1 aliphatic rings. The number of H-pyrrole nitrogens is 2. The van der Waals surface area contributed by atoms with E-state index in [4.69, 9.17) is 0 Å². The molecule has 3 aromatic rings. The number of nitrogens with one attached hydrogen (secondary N) is 3. The molecule has 1 saturated carbocycles. The monoisotopic (exact) mass is 281 g/mol. The van der Waals surface area contributed by atoms with Gasteiger partial charge in [0.2, 0.25) is 0 Å². The van der Waals surface area contributed by atoms with Crippen molar-refractivity contribution in [1.29, 1.82) is 0 Å². The van der Waals surface area contributed by atoms with Gasteiger partial charge in [-0.15, -0.1) is 0 Å². The molecule has 0 aromatic carbocycles. The molecule has 3 N–H and O–H groups in total. The van der Waals surface area contributed by atoms with Crippen LogP contribution < -0.4 is 5.32 Å². The number of carbonyl (C=O) groups excluding carboxylic acids is 1. The molecule has 106 valence electrons. The topological polar surface area (TPSA) is 86.5 Å². The first-order valence-electron chi connectivity index (χ1n) is 7.08.